The van der Waals surface area contributed by atoms with Gasteiger partial charge in [-0.25, -0.2) is 0 Å². The van der Waals surface area contributed by atoms with Crippen molar-refractivity contribution in [2.24, 2.45) is 0 Å². The maximum Gasteiger partial charge on any atom is 0.0471 e. The van der Waals surface area contributed by atoms with Crippen molar-refractivity contribution in [1.82, 2.24) is 5.32 Å². The zero-order valence-corrected chi connectivity index (χ0v) is 13.7. The third-order valence-corrected chi connectivity index (χ3v) is 4.54. The van der Waals surface area contributed by atoms with Gasteiger partial charge in [0.15, 0.2) is 0 Å². The van der Waals surface area contributed by atoms with Gasteiger partial charge in [-0.1, -0.05) is 38.4 Å². The van der Waals surface area contributed by atoms with E-state index in [1.807, 2.05) is 6.07 Å². The number of rotatable bonds is 5. The molecule has 112 valence electrons. The first-order chi connectivity index (χ1) is 9.63. The van der Waals surface area contributed by atoms with Crippen LogP contribution in [0.25, 0.3) is 0 Å². The molecule has 1 fully saturated rings. The average Bonchev–Trinajstić information content (AvgIpc) is 2.45. The van der Waals surface area contributed by atoms with E-state index in [-0.39, 0.29) is 0 Å². The summed E-state index contributed by atoms with van der Waals surface area (Å²) in [4.78, 5) is 2.58. The van der Waals surface area contributed by atoms with E-state index < -0.39 is 0 Å². The number of nitrogens with one attached hydrogen (secondary N) is 1. The van der Waals surface area contributed by atoms with Gasteiger partial charge in [-0.3, -0.25) is 0 Å². The summed E-state index contributed by atoms with van der Waals surface area (Å²) in [6, 6.07) is 7.46. The van der Waals surface area contributed by atoms with E-state index >= 15 is 0 Å². The van der Waals surface area contributed by atoms with Crippen LogP contribution >= 0.6 is 11.6 Å². The Morgan fingerprint density at radius 2 is 2.15 bits per heavy atom. The van der Waals surface area contributed by atoms with Crippen molar-refractivity contribution in [3.63, 3.8) is 0 Å². The predicted octanol–water partition coefficient (Wildman–Crippen LogP) is 4.61. The van der Waals surface area contributed by atoms with Gasteiger partial charge in [0, 0.05) is 41.4 Å². The van der Waals surface area contributed by atoms with Crippen molar-refractivity contribution in [3.8, 4) is 0 Å². The highest BCUT2D eigenvalue weighted by Crippen LogP contribution is 2.33. The Labute approximate surface area is 128 Å². The van der Waals surface area contributed by atoms with Crippen LogP contribution in [0.3, 0.4) is 0 Å². The molecule has 0 amide bonds. The average molecular weight is 295 g/mol. The minimum Gasteiger partial charge on any atom is -0.368 e. The van der Waals surface area contributed by atoms with E-state index in [0.717, 1.165) is 18.1 Å². The third-order valence-electron chi connectivity index (χ3n) is 4.19. The zero-order chi connectivity index (χ0) is 14.5. The minimum atomic E-state index is 0.474. The highest BCUT2D eigenvalue weighted by atomic mass is 35.5. The Kier molecular flexibility index (Phi) is 5.74. The van der Waals surface area contributed by atoms with Gasteiger partial charge in [-0.05, 0) is 37.8 Å². The second-order valence-electron chi connectivity index (χ2n) is 6.02. The molecule has 0 aromatic heterocycles. The molecule has 0 bridgehead atoms. The van der Waals surface area contributed by atoms with Crippen molar-refractivity contribution in [2.75, 3.05) is 11.4 Å². The molecule has 1 unspecified atom stereocenters. The maximum absolute atomic E-state index is 6.46. The number of piperidine rings is 1. The van der Waals surface area contributed by atoms with Gasteiger partial charge < -0.3 is 10.2 Å². The molecular formula is C17H27ClN2. The Morgan fingerprint density at radius 1 is 1.35 bits per heavy atom. The third kappa shape index (κ3) is 3.67. The van der Waals surface area contributed by atoms with Crippen LogP contribution in [0.15, 0.2) is 18.2 Å². The summed E-state index contributed by atoms with van der Waals surface area (Å²) in [6.45, 7) is 8.64. The van der Waals surface area contributed by atoms with Gasteiger partial charge in [0.2, 0.25) is 0 Å². The zero-order valence-electron chi connectivity index (χ0n) is 13.0. The molecule has 3 heteroatoms. The molecule has 0 saturated carbocycles. The Morgan fingerprint density at radius 3 is 2.85 bits per heavy atom. The van der Waals surface area contributed by atoms with Crippen molar-refractivity contribution in [2.45, 2.75) is 65.1 Å². The monoisotopic (exact) mass is 294 g/mol. The lowest BCUT2D eigenvalue weighted by molar-refractivity contribution is 0.448. The molecule has 1 saturated heterocycles. The number of hydrogen-bond acceptors (Lipinski definition) is 2. The molecule has 20 heavy (non-hydrogen) atoms. The number of hydrogen-bond donors (Lipinski definition) is 1. The lowest BCUT2D eigenvalue weighted by Crippen LogP contribution is -2.40. The first-order valence-electron chi connectivity index (χ1n) is 7.91. The summed E-state index contributed by atoms with van der Waals surface area (Å²) in [6.07, 6.45) is 5.17. The number of halogens is 1. The van der Waals surface area contributed by atoms with Gasteiger partial charge in [-0.2, -0.15) is 0 Å². The molecule has 2 rings (SSSR count). The molecule has 1 heterocycles. The Hall–Kier alpha value is -0.730. The van der Waals surface area contributed by atoms with Crippen LogP contribution in [0.2, 0.25) is 5.02 Å². The van der Waals surface area contributed by atoms with Crippen LogP contribution in [0.4, 0.5) is 5.69 Å². The topological polar surface area (TPSA) is 15.3 Å². The van der Waals surface area contributed by atoms with E-state index in [0.29, 0.717) is 12.1 Å². The van der Waals surface area contributed by atoms with E-state index in [9.17, 15) is 0 Å². The second kappa shape index (κ2) is 7.33. The molecule has 0 radical (unpaired) electrons. The van der Waals surface area contributed by atoms with Crippen LogP contribution < -0.4 is 10.2 Å². The smallest absolute Gasteiger partial charge is 0.0471 e. The Bertz CT molecular complexity index is 431. The van der Waals surface area contributed by atoms with E-state index in [1.54, 1.807) is 0 Å². The van der Waals surface area contributed by atoms with Crippen LogP contribution in [0.5, 0.6) is 0 Å². The minimum absolute atomic E-state index is 0.474. The molecule has 1 N–H and O–H groups in total. The molecule has 1 atom stereocenters. The highest BCUT2D eigenvalue weighted by molar-refractivity contribution is 6.31. The molecule has 1 aliphatic rings. The van der Waals surface area contributed by atoms with Crippen LogP contribution in [0, 0.1) is 0 Å². The number of nitrogens with zero attached hydrogens (tertiary/aromatic N) is 1. The van der Waals surface area contributed by atoms with Crippen molar-refractivity contribution in [1.29, 1.82) is 0 Å². The summed E-state index contributed by atoms with van der Waals surface area (Å²) in [5, 5.41) is 4.39. The van der Waals surface area contributed by atoms with Crippen molar-refractivity contribution < 1.29 is 0 Å². The summed E-state index contributed by atoms with van der Waals surface area (Å²) >= 11 is 6.46. The summed E-state index contributed by atoms with van der Waals surface area (Å²) in [5.41, 5.74) is 2.58. The highest BCUT2D eigenvalue weighted by Gasteiger charge is 2.23. The fourth-order valence-electron chi connectivity index (χ4n) is 3.04. The first-order valence-corrected chi connectivity index (χ1v) is 8.28. The molecule has 1 aliphatic heterocycles. The normalized spacial score (nSPS) is 19.6. The lowest BCUT2D eigenvalue weighted by Gasteiger charge is -2.38. The molecule has 0 spiro atoms. The quantitative estimate of drug-likeness (QED) is 0.853. The second-order valence-corrected chi connectivity index (χ2v) is 6.43. The van der Waals surface area contributed by atoms with Crippen molar-refractivity contribution >= 4 is 17.3 Å². The van der Waals surface area contributed by atoms with Gasteiger partial charge in [0.05, 0.1) is 0 Å². The van der Waals surface area contributed by atoms with Crippen LogP contribution in [0.1, 0.15) is 52.0 Å². The van der Waals surface area contributed by atoms with Gasteiger partial charge in [0.1, 0.15) is 0 Å². The number of benzene rings is 1. The Balaban J connectivity index is 2.27. The largest absolute Gasteiger partial charge is 0.368 e. The molecule has 1 aromatic rings. The van der Waals surface area contributed by atoms with Gasteiger partial charge in [-0.15, -0.1) is 0 Å². The fourth-order valence-corrected chi connectivity index (χ4v) is 3.28. The SMILES string of the molecule is CCC1CCCCN1c1cccc(Cl)c1CNC(C)C. The van der Waals surface area contributed by atoms with E-state index in [1.165, 1.54) is 36.9 Å². The number of anilines is 1. The van der Waals surface area contributed by atoms with Gasteiger partial charge >= 0.3 is 0 Å². The molecule has 0 aliphatic carbocycles. The fraction of sp³-hybridized carbons (Fsp3) is 0.647. The maximum atomic E-state index is 6.46. The predicted molar refractivity (Wildman–Crippen MR) is 88.7 cm³/mol. The van der Waals surface area contributed by atoms with Crippen molar-refractivity contribution in [3.05, 3.63) is 28.8 Å². The first kappa shape index (κ1) is 15.7. The van der Waals surface area contributed by atoms with E-state index in [4.69, 9.17) is 11.6 Å². The molecule has 2 nitrogen and oxygen atoms in total. The standard InChI is InChI=1S/C17H27ClN2/c1-4-14-8-5-6-11-20(14)17-10-7-9-16(18)15(17)12-19-13(2)3/h7,9-10,13-14,19H,4-6,8,11-12H2,1-3H3. The van der Waals surface area contributed by atoms with E-state index in [2.05, 4.69) is 43.1 Å². The summed E-state index contributed by atoms with van der Waals surface area (Å²) in [7, 11) is 0. The molecule has 1 aromatic carbocycles. The molecular weight excluding hydrogens is 268 g/mol. The lowest BCUT2D eigenvalue weighted by atomic mass is 9.98. The van der Waals surface area contributed by atoms with Crippen LogP contribution in [-0.4, -0.2) is 18.6 Å². The summed E-state index contributed by atoms with van der Waals surface area (Å²) in [5.74, 6) is 0. The van der Waals surface area contributed by atoms with Gasteiger partial charge in [0.25, 0.3) is 0 Å². The van der Waals surface area contributed by atoms with Crippen LogP contribution in [-0.2, 0) is 6.54 Å². The summed E-state index contributed by atoms with van der Waals surface area (Å²) < 4.78 is 0.